The molecule has 118 valence electrons. The van der Waals surface area contributed by atoms with Crippen LogP contribution in [0.25, 0.3) is 32.9 Å². The first-order valence-electron chi connectivity index (χ1n) is 8.11. The lowest BCUT2D eigenvalue weighted by Crippen LogP contribution is -1.95. The van der Waals surface area contributed by atoms with Crippen molar-refractivity contribution in [3.8, 4) is 11.1 Å². The topological polar surface area (TPSA) is 56.2 Å². The predicted octanol–water partition coefficient (Wildman–Crippen LogP) is 4.79. The Bertz CT molecular complexity index is 1140. The number of hydrogen-bond acceptors (Lipinski definition) is 4. The van der Waals surface area contributed by atoms with Crippen molar-refractivity contribution in [2.24, 2.45) is 0 Å². The van der Waals surface area contributed by atoms with E-state index >= 15 is 0 Å². The van der Waals surface area contributed by atoms with E-state index in [9.17, 15) is 4.79 Å². The number of fused-ring (bicyclic) bond motifs is 3. The summed E-state index contributed by atoms with van der Waals surface area (Å²) in [6.45, 7) is 2.09. The number of furan rings is 1. The average molecular weight is 317 g/mol. The number of aryl methyl sites for hydroxylation is 1. The molecule has 1 aliphatic rings. The van der Waals surface area contributed by atoms with E-state index in [2.05, 4.69) is 12.1 Å². The summed E-state index contributed by atoms with van der Waals surface area (Å²) < 4.78 is 10.7. The Hall–Kier alpha value is -2.88. The van der Waals surface area contributed by atoms with Crippen molar-refractivity contribution in [1.29, 1.82) is 0 Å². The maximum Gasteiger partial charge on any atom is 0.190 e. The highest BCUT2D eigenvalue weighted by atomic mass is 16.5. The lowest BCUT2D eigenvalue weighted by molar-refractivity contribution is 0.420. The first kappa shape index (κ1) is 13.5. The lowest BCUT2D eigenvalue weighted by Gasteiger charge is -2.09. The molecule has 2 aromatic carbocycles. The maximum atomic E-state index is 12.6. The summed E-state index contributed by atoms with van der Waals surface area (Å²) in [5, 5.41) is 6.58. The highest BCUT2D eigenvalue weighted by molar-refractivity contribution is 6.07. The molecule has 4 aromatic rings. The number of nitrogens with zero attached hydrogens (tertiary/aromatic N) is 1. The zero-order valence-corrected chi connectivity index (χ0v) is 13.2. The molecule has 4 nitrogen and oxygen atoms in total. The average Bonchev–Trinajstić information content (AvgIpc) is 3.10. The van der Waals surface area contributed by atoms with E-state index < -0.39 is 0 Å². The zero-order valence-electron chi connectivity index (χ0n) is 13.2. The van der Waals surface area contributed by atoms with Gasteiger partial charge < -0.3 is 8.94 Å². The van der Waals surface area contributed by atoms with Crippen molar-refractivity contribution >= 4 is 21.7 Å². The van der Waals surface area contributed by atoms with Gasteiger partial charge in [0, 0.05) is 10.9 Å². The number of aromatic nitrogens is 1. The highest BCUT2D eigenvalue weighted by Crippen LogP contribution is 2.45. The Morgan fingerprint density at radius 3 is 2.79 bits per heavy atom. The van der Waals surface area contributed by atoms with Crippen LogP contribution in [0.2, 0.25) is 0 Å². The zero-order chi connectivity index (χ0) is 16.3. The standard InChI is InChI=1S/C20H15NO3/c1-11-14(13-9-21-24-10-13)4-5-16-19(11)17(12-2-3-12)8-18(22)15-6-7-23-20(15)16/h4-10,12H,2-3H2,1H3. The summed E-state index contributed by atoms with van der Waals surface area (Å²) in [6.07, 6.45) is 7.23. The molecule has 5 rings (SSSR count). The van der Waals surface area contributed by atoms with Crippen LogP contribution in [0.15, 0.2) is 56.7 Å². The quantitative estimate of drug-likeness (QED) is 0.533. The van der Waals surface area contributed by atoms with Gasteiger partial charge in [-0.25, -0.2) is 0 Å². The molecule has 0 amide bonds. The number of benzene rings is 1. The van der Waals surface area contributed by atoms with Gasteiger partial charge in [0.25, 0.3) is 0 Å². The second kappa shape index (κ2) is 4.81. The van der Waals surface area contributed by atoms with Crippen molar-refractivity contribution in [2.45, 2.75) is 25.7 Å². The first-order valence-corrected chi connectivity index (χ1v) is 8.11. The molecule has 1 saturated carbocycles. The van der Waals surface area contributed by atoms with E-state index in [1.807, 2.05) is 18.2 Å². The fourth-order valence-corrected chi connectivity index (χ4v) is 3.64. The van der Waals surface area contributed by atoms with Crippen molar-refractivity contribution in [2.75, 3.05) is 0 Å². The summed E-state index contributed by atoms with van der Waals surface area (Å²) in [7, 11) is 0. The summed E-state index contributed by atoms with van der Waals surface area (Å²) in [6, 6.07) is 7.66. The van der Waals surface area contributed by atoms with Crippen molar-refractivity contribution < 1.29 is 8.94 Å². The normalized spacial score (nSPS) is 14.5. The minimum atomic E-state index is 0.0303. The van der Waals surface area contributed by atoms with E-state index in [4.69, 9.17) is 8.94 Å². The molecule has 0 saturated heterocycles. The number of hydrogen-bond donors (Lipinski definition) is 0. The Balaban J connectivity index is 2.00. The molecule has 0 spiro atoms. The van der Waals surface area contributed by atoms with Crippen LogP contribution in [0.4, 0.5) is 0 Å². The van der Waals surface area contributed by atoms with Crippen LogP contribution in [-0.4, -0.2) is 5.16 Å². The summed E-state index contributed by atoms with van der Waals surface area (Å²) in [5.74, 6) is 0.466. The van der Waals surface area contributed by atoms with Crippen LogP contribution < -0.4 is 5.43 Å². The molecule has 0 atom stereocenters. The van der Waals surface area contributed by atoms with Crippen molar-refractivity contribution in [1.82, 2.24) is 5.16 Å². The molecule has 0 radical (unpaired) electrons. The summed E-state index contributed by atoms with van der Waals surface area (Å²) in [4.78, 5) is 12.6. The monoisotopic (exact) mass is 317 g/mol. The minimum absolute atomic E-state index is 0.0303. The summed E-state index contributed by atoms with van der Waals surface area (Å²) in [5.41, 5.74) is 4.98. The van der Waals surface area contributed by atoms with Gasteiger partial charge in [-0.05, 0) is 66.0 Å². The Morgan fingerprint density at radius 2 is 2.04 bits per heavy atom. The second-order valence-electron chi connectivity index (χ2n) is 6.48. The van der Waals surface area contributed by atoms with Gasteiger partial charge in [-0.15, -0.1) is 0 Å². The number of rotatable bonds is 2. The van der Waals surface area contributed by atoms with Crippen LogP contribution in [0.5, 0.6) is 0 Å². The van der Waals surface area contributed by atoms with Crippen LogP contribution in [0, 0.1) is 6.92 Å². The molecule has 0 unspecified atom stereocenters. The second-order valence-corrected chi connectivity index (χ2v) is 6.48. The minimum Gasteiger partial charge on any atom is -0.464 e. The molecule has 0 aliphatic heterocycles. The van der Waals surface area contributed by atoms with Gasteiger partial charge >= 0.3 is 0 Å². The van der Waals surface area contributed by atoms with Gasteiger partial charge in [0.15, 0.2) is 5.43 Å². The SMILES string of the molecule is Cc1c(-c2cnoc2)ccc2c1c(C1CC1)cc(=O)c1ccoc12. The Kier molecular flexibility index (Phi) is 2.71. The van der Waals surface area contributed by atoms with Crippen LogP contribution in [0.1, 0.15) is 29.9 Å². The molecule has 1 aliphatic carbocycles. The van der Waals surface area contributed by atoms with E-state index in [-0.39, 0.29) is 5.43 Å². The predicted molar refractivity (Wildman–Crippen MR) is 92.2 cm³/mol. The first-order chi connectivity index (χ1) is 11.7. The lowest BCUT2D eigenvalue weighted by atomic mass is 9.94. The van der Waals surface area contributed by atoms with E-state index in [1.54, 1.807) is 24.8 Å². The fraction of sp³-hybridized carbons (Fsp3) is 0.200. The third-order valence-corrected chi connectivity index (χ3v) is 4.98. The van der Waals surface area contributed by atoms with Crippen molar-refractivity contribution in [3.05, 3.63) is 64.3 Å². The van der Waals surface area contributed by atoms with E-state index in [1.165, 1.54) is 0 Å². The molecule has 4 heteroatoms. The molecule has 0 N–H and O–H groups in total. The molecule has 24 heavy (non-hydrogen) atoms. The third kappa shape index (κ3) is 1.86. The van der Waals surface area contributed by atoms with Crippen LogP contribution >= 0.6 is 0 Å². The third-order valence-electron chi connectivity index (χ3n) is 4.98. The highest BCUT2D eigenvalue weighted by Gasteiger charge is 2.27. The van der Waals surface area contributed by atoms with Gasteiger partial charge in [-0.3, -0.25) is 4.79 Å². The Labute approximate surface area is 137 Å². The van der Waals surface area contributed by atoms with Gasteiger partial charge in [-0.1, -0.05) is 11.2 Å². The molecular formula is C20H15NO3. The smallest absolute Gasteiger partial charge is 0.190 e. The molecule has 1 fully saturated rings. The fourth-order valence-electron chi connectivity index (χ4n) is 3.64. The van der Waals surface area contributed by atoms with E-state index in [0.717, 1.165) is 45.9 Å². The molecular weight excluding hydrogens is 302 g/mol. The van der Waals surface area contributed by atoms with Crippen LogP contribution in [-0.2, 0) is 0 Å². The van der Waals surface area contributed by atoms with Crippen molar-refractivity contribution in [3.63, 3.8) is 0 Å². The Morgan fingerprint density at radius 1 is 1.17 bits per heavy atom. The largest absolute Gasteiger partial charge is 0.464 e. The maximum absolute atomic E-state index is 12.6. The van der Waals surface area contributed by atoms with Gasteiger partial charge in [0.2, 0.25) is 0 Å². The van der Waals surface area contributed by atoms with Gasteiger partial charge in [0.1, 0.15) is 11.8 Å². The molecule has 2 heterocycles. The van der Waals surface area contributed by atoms with E-state index in [0.29, 0.717) is 16.9 Å². The summed E-state index contributed by atoms with van der Waals surface area (Å²) >= 11 is 0. The molecule has 2 aromatic heterocycles. The molecule has 0 bridgehead atoms. The van der Waals surface area contributed by atoms with Gasteiger partial charge in [-0.2, -0.15) is 0 Å². The van der Waals surface area contributed by atoms with Crippen LogP contribution in [0.3, 0.4) is 0 Å². The van der Waals surface area contributed by atoms with Gasteiger partial charge in [0.05, 0.1) is 17.8 Å².